The third kappa shape index (κ3) is 1.47. The zero-order valence-electron chi connectivity index (χ0n) is 7.81. The smallest absolute Gasteiger partial charge is 0.166 e. The zero-order valence-corrected chi connectivity index (χ0v) is 8.57. The SMILES string of the molecule is COc1c(F)cc(Cl)cc1C1(N)CC1. The van der Waals surface area contributed by atoms with Crippen molar-refractivity contribution in [2.24, 2.45) is 5.73 Å². The molecule has 1 aromatic rings. The van der Waals surface area contributed by atoms with Crippen LogP contribution in [0.4, 0.5) is 4.39 Å². The first-order valence-electron chi connectivity index (χ1n) is 4.39. The Hall–Kier alpha value is -0.800. The molecule has 0 heterocycles. The average molecular weight is 216 g/mol. The van der Waals surface area contributed by atoms with Crippen molar-refractivity contribution in [3.63, 3.8) is 0 Å². The minimum absolute atomic E-state index is 0.217. The maximum atomic E-state index is 13.4. The number of ether oxygens (including phenoxy) is 1. The minimum Gasteiger partial charge on any atom is -0.493 e. The van der Waals surface area contributed by atoms with Crippen molar-refractivity contribution in [2.75, 3.05) is 7.11 Å². The van der Waals surface area contributed by atoms with Crippen molar-refractivity contribution < 1.29 is 9.13 Å². The molecule has 0 unspecified atom stereocenters. The van der Waals surface area contributed by atoms with Gasteiger partial charge in [0.2, 0.25) is 0 Å². The topological polar surface area (TPSA) is 35.2 Å². The second-order valence-electron chi connectivity index (χ2n) is 3.62. The van der Waals surface area contributed by atoms with Crippen LogP contribution in [-0.2, 0) is 5.54 Å². The highest BCUT2D eigenvalue weighted by atomic mass is 35.5. The fraction of sp³-hybridized carbons (Fsp3) is 0.400. The molecule has 0 radical (unpaired) electrons. The van der Waals surface area contributed by atoms with Crippen molar-refractivity contribution in [3.8, 4) is 5.75 Å². The summed E-state index contributed by atoms with van der Waals surface area (Å²) in [6, 6.07) is 2.91. The van der Waals surface area contributed by atoms with Crippen LogP contribution in [0.15, 0.2) is 12.1 Å². The van der Waals surface area contributed by atoms with E-state index in [0.717, 1.165) is 12.8 Å². The molecule has 0 saturated heterocycles. The highest BCUT2D eigenvalue weighted by Gasteiger charge is 2.43. The molecule has 1 fully saturated rings. The van der Waals surface area contributed by atoms with Gasteiger partial charge in [-0.3, -0.25) is 0 Å². The lowest BCUT2D eigenvalue weighted by Gasteiger charge is -2.15. The normalized spacial score (nSPS) is 18.0. The summed E-state index contributed by atoms with van der Waals surface area (Å²) in [5.41, 5.74) is 6.21. The Morgan fingerprint density at radius 1 is 1.50 bits per heavy atom. The highest BCUT2D eigenvalue weighted by Crippen LogP contribution is 2.47. The summed E-state index contributed by atoms with van der Waals surface area (Å²) >= 11 is 5.76. The van der Waals surface area contributed by atoms with E-state index in [2.05, 4.69) is 0 Å². The van der Waals surface area contributed by atoms with E-state index in [1.54, 1.807) is 6.07 Å². The van der Waals surface area contributed by atoms with Crippen LogP contribution < -0.4 is 10.5 Å². The maximum Gasteiger partial charge on any atom is 0.166 e. The van der Waals surface area contributed by atoms with Crippen LogP contribution in [0.2, 0.25) is 5.02 Å². The molecule has 1 aliphatic rings. The number of hydrogen-bond donors (Lipinski definition) is 1. The second kappa shape index (κ2) is 3.11. The van der Waals surface area contributed by atoms with Crippen LogP contribution >= 0.6 is 11.6 Å². The highest BCUT2D eigenvalue weighted by molar-refractivity contribution is 6.30. The molecule has 2 N–H and O–H groups in total. The fourth-order valence-corrected chi connectivity index (χ4v) is 1.75. The monoisotopic (exact) mass is 215 g/mol. The predicted octanol–water partition coefficient (Wildman–Crippen LogP) is 2.44. The zero-order chi connectivity index (χ0) is 10.3. The van der Waals surface area contributed by atoms with Gasteiger partial charge in [0.25, 0.3) is 0 Å². The van der Waals surface area contributed by atoms with Crippen molar-refractivity contribution in [1.29, 1.82) is 0 Å². The lowest BCUT2D eigenvalue weighted by atomic mass is 10.0. The van der Waals surface area contributed by atoms with Crippen LogP contribution in [0.5, 0.6) is 5.75 Å². The molecule has 1 saturated carbocycles. The molecular formula is C10H11ClFNO. The van der Waals surface area contributed by atoms with Crippen molar-refractivity contribution >= 4 is 11.6 Å². The summed E-state index contributed by atoms with van der Waals surface area (Å²) in [4.78, 5) is 0. The quantitative estimate of drug-likeness (QED) is 0.823. The molecule has 0 spiro atoms. The molecule has 1 aromatic carbocycles. The van der Waals surface area contributed by atoms with Gasteiger partial charge in [0.1, 0.15) is 0 Å². The van der Waals surface area contributed by atoms with Gasteiger partial charge in [0.05, 0.1) is 7.11 Å². The van der Waals surface area contributed by atoms with E-state index in [1.165, 1.54) is 13.2 Å². The van der Waals surface area contributed by atoms with Gasteiger partial charge in [-0.05, 0) is 25.0 Å². The molecule has 0 amide bonds. The van der Waals surface area contributed by atoms with Crippen LogP contribution in [-0.4, -0.2) is 7.11 Å². The molecule has 4 heteroatoms. The average Bonchev–Trinajstić information content (AvgIpc) is 2.84. The number of benzene rings is 1. The summed E-state index contributed by atoms with van der Waals surface area (Å²) in [5.74, 6) is -0.235. The Kier molecular flexibility index (Phi) is 2.16. The number of rotatable bonds is 2. The first-order valence-corrected chi connectivity index (χ1v) is 4.77. The van der Waals surface area contributed by atoms with Crippen LogP contribution in [0, 0.1) is 5.82 Å². The van der Waals surface area contributed by atoms with Gasteiger partial charge < -0.3 is 10.5 Å². The number of methoxy groups -OCH3 is 1. The lowest BCUT2D eigenvalue weighted by molar-refractivity contribution is 0.376. The van der Waals surface area contributed by atoms with E-state index in [1.807, 2.05) is 0 Å². The summed E-state index contributed by atoms with van der Waals surface area (Å²) in [6.45, 7) is 0. The maximum absolute atomic E-state index is 13.4. The molecule has 76 valence electrons. The number of halogens is 2. The fourth-order valence-electron chi connectivity index (χ4n) is 1.54. The second-order valence-corrected chi connectivity index (χ2v) is 4.06. The minimum atomic E-state index is -0.452. The van der Waals surface area contributed by atoms with Gasteiger partial charge in [0, 0.05) is 16.1 Å². The van der Waals surface area contributed by atoms with E-state index in [9.17, 15) is 4.39 Å². The molecule has 0 atom stereocenters. The third-order valence-electron chi connectivity index (χ3n) is 2.54. The Labute approximate surface area is 86.8 Å². The van der Waals surface area contributed by atoms with E-state index in [0.29, 0.717) is 10.6 Å². The molecule has 2 rings (SSSR count). The van der Waals surface area contributed by atoms with E-state index < -0.39 is 11.4 Å². The molecule has 0 aliphatic heterocycles. The lowest BCUT2D eigenvalue weighted by Crippen LogP contribution is -2.20. The van der Waals surface area contributed by atoms with E-state index in [4.69, 9.17) is 22.1 Å². The molecule has 2 nitrogen and oxygen atoms in total. The van der Waals surface area contributed by atoms with Gasteiger partial charge in [-0.2, -0.15) is 0 Å². The predicted molar refractivity (Wildman–Crippen MR) is 53.1 cm³/mol. The first kappa shape index (κ1) is 9.74. The van der Waals surface area contributed by atoms with Gasteiger partial charge in [-0.25, -0.2) is 4.39 Å². The molecule has 0 aromatic heterocycles. The van der Waals surface area contributed by atoms with Crippen LogP contribution in [0.1, 0.15) is 18.4 Å². The summed E-state index contributed by atoms with van der Waals surface area (Å²) < 4.78 is 18.4. The Balaban J connectivity index is 2.56. The number of hydrogen-bond acceptors (Lipinski definition) is 2. The van der Waals surface area contributed by atoms with E-state index >= 15 is 0 Å². The van der Waals surface area contributed by atoms with Gasteiger partial charge in [-0.1, -0.05) is 11.6 Å². The third-order valence-corrected chi connectivity index (χ3v) is 2.76. The summed E-state index contributed by atoms with van der Waals surface area (Å²) in [6.07, 6.45) is 1.70. The van der Waals surface area contributed by atoms with E-state index in [-0.39, 0.29) is 5.75 Å². The Bertz CT molecular complexity index is 377. The standard InChI is InChI=1S/C10H11ClFNO/c1-14-9-7(10(13)2-3-10)4-6(11)5-8(9)12/h4-5H,2-3,13H2,1H3. The van der Waals surface area contributed by atoms with Crippen molar-refractivity contribution in [3.05, 3.63) is 28.5 Å². The van der Waals surface area contributed by atoms with Gasteiger partial charge in [-0.15, -0.1) is 0 Å². The van der Waals surface area contributed by atoms with Crippen molar-refractivity contribution in [1.82, 2.24) is 0 Å². The Morgan fingerprint density at radius 3 is 2.64 bits per heavy atom. The van der Waals surface area contributed by atoms with Gasteiger partial charge >= 0.3 is 0 Å². The summed E-state index contributed by atoms with van der Waals surface area (Å²) in [5, 5.41) is 0.357. The molecule has 14 heavy (non-hydrogen) atoms. The molecular weight excluding hydrogens is 205 g/mol. The van der Waals surface area contributed by atoms with Crippen molar-refractivity contribution in [2.45, 2.75) is 18.4 Å². The molecule has 0 bridgehead atoms. The van der Waals surface area contributed by atoms with Gasteiger partial charge in [0.15, 0.2) is 11.6 Å². The Morgan fingerprint density at radius 2 is 2.14 bits per heavy atom. The van der Waals surface area contributed by atoms with Crippen LogP contribution in [0.25, 0.3) is 0 Å². The largest absolute Gasteiger partial charge is 0.493 e. The van der Waals surface area contributed by atoms with Crippen LogP contribution in [0.3, 0.4) is 0 Å². The number of nitrogens with two attached hydrogens (primary N) is 1. The molecule has 1 aliphatic carbocycles. The first-order chi connectivity index (χ1) is 6.57. The summed E-state index contributed by atoms with van der Waals surface area (Å²) in [7, 11) is 1.43.